The summed E-state index contributed by atoms with van der Waals surface area (Å²) < 4.78 is 5.46. The Morgan fingerprint density at radius 3 is 2.65 bits per heavy atom. The average molecular weight is 259 g/mol. The predicted octanol–water partition coefficient (Wildman–Crippen LogP) is 3.46. The number of rotatable bonds is 5. The second-order valence-electron chi connectivity index (χ2n) is 4.27. The lowest BCUT2D eigenvalue weighted by Gasteiger charge is -2.15. The number of aromatic nitrogens is 1. The molecule has 0 fully saturated rings. The van der Waals surface area contributed by atoms with Crippen molar-refractivity contribution in [2.45, 2.75) is 33.3 Å². The Kier molecular flexibility index (Phi) is 4.69. The zero-order valence-corrected chi connectivity index (χ0v) is 10.8. The Morgan fingerprint density at radius 2 is 2.12 bits per heavy atom. The Morgan fingerprint density at radius 1 is 1.47 bits per heavy atom. The van der Waals surface area contributed by atoms with Gasteiger partial charge in [-0.05, 0) is 25.3 Å². The lowest BCUT2D eigenvalue weighted by molar-refractivity contribution is -0.386. The van der Waals surface area contributed by atoms with Gasteiger partial charge in [0.05, 0.1) is 11.0 Å². The molecule has 0 bridgehead atoms. The summed E-state index contributed by atoms with van der Waals surface area (Å²) in [6.45, 7) is 5.96. The van der Waals surface area contributed by atoms with Gasteiger partial charge in [-0.15, -0.1) is 0 Å². The van der Waals surface area contributed by atoms with Gasteiger partial charge in [0.1, 0.15) is 5.15 Å². The fourth-order valence-electron chi connectivity index (χ4n) is 1.54. The van der Waals surface area contributed by atoms with Crippen LogP contribution in [-0.2, 0) is 0 Å². The molecule has 0 aliphatic heterocycles. The first-order chi connectivity index (χ1) is 7.90. The van der Waals surface area contributed by atoms with Crippen LogP contribution in [0.1, 0.15) is 27.2 Å². The van der Waals surface area contributed by atoms with Crippen molar-refractivity contribution in [3.05, 3.63) is 27.4 Å². The molecule has 0 amide bonds. The normalized spacial score (nSPS) is 12.5. The number of pyridine rings is 1. The molecular formula is C11H15ClN2O3. The van der Waals surface area contributed by atoms with E-state index in [-0.39, 0.29) is 22.8 Å². The van der Waals surface area contributed by atoms with Crippen LogP contribution in [0.15, 0.2) is 12.1 Å². The van der Waals surface area contributed by atoms with Crippen molar-refractivity contribution in [3.63, 3.8) is 0 Å². The maximum absolute atomic E-state index is 10.8. The first-order valence-corrected chi connectivity index (χ1v) is 5.75. The minimum atomic E-state index is -0.527. The Bertz CT molecular complexity index is 410. The van der Waals surface area contributed by atoms with Crippen LogP contribution in [0, 0.1) is 16.0 Å². The molecule has 1 atom stereocenters. The van der Waals surface area contributed by atoms with Crippen LogP contribution >= 0.6 is 11.6 Å². The number of hydrogen-bond donors (Lipinski definition) is 0. The minimum absolute atomic E-state index is 0.0179. The van der Waals surface area contributed by atoms with Crippen LogP contribution in [0.25, 0.3) is 0 Å². The van der Waals surface area contributed by atoms with E-state index in [1.165, 1.54) is 12.1 Å². The molecule has 6 heteroatoms. The molecule has 0 spiro atoms. The highest BCUT2D eigenvalue weighted by Crippen LogP contribution is 2.27. The summed E-state index contributed by atoms with van der Waals surface area (Å²) in [7, 11) is 0. The summed E-state index contributed by atoms with van der Waals surface area (Å²) in [6.07, 6.45) is 0.658. The predicted molar refractivity (Wildman–Crippen MR) is 65.4 cm³/mol. The third-order valence-corrected chi connectivity index (χ3v) is 2.33. The monoisotopic (exact) mass is 258 g/mol. The highest BCUT2D eigenvalue weighted by molar-refractivity contribution is 6.29. The van der Waals surface area contributed by atoms with Crippen LogP contribution in [0.4, 0.5) is 5.69 Å². The summed E-state index contributed by atoms with van der Waals surface area (Å²) in [5.74, 6) is 0.430. The van der Waals surface area contributed by atoms with Crippen molar-refractivity contribution >= 4 is 17.3 Å². The number of ether oxygens (including phenoxy) is 1. The van der Waals surface area contributed by atoms with Gasteiger partial charge in [0.2, 0.25) is 0 Å². The van der Waals surface area contributed by atoms with Crippen LogP contribution in [0.2, 0.25) is 5.15 Å². The van der Waals surface area contributed by atoms with E-state index < -0.39 is 4.92 Å². The van der Waals surface area contributed by atoms with E-state index in [9.17, 15) is 10.1 Å². The van der Waals surface area contributed by atoms with Gasteiger partial charge in [-0.1, -0.05) is 25.4 Å². The van der Waals surface area contributed by atoms with Gasteiger partial charge in [-0.3, -0.25) is 10.1 Å². The second kappa shape index (κ2) is 5.82. The topological polar surface area (TPSA) is 65.3 Å². The first-order valence-electron chi connectivity index (χ1n) is 5.37. The van der Waals surface area contributed by atoms with Crippen molar-refractivity contribution in [2.75, 3.05) is 0 Å². The lowest BCUT2D eigenvalue weighted by atomic mass is 10.1. The van der Waals surface area contributed by atoms with E-state index in [0.717, 1.165) is 6.42 Å². The molecule has 17 heavy (non-hydrogen) atoms. The number of nitro groups is 1. The summed E-state index contributed by atoms with van der Waals surface area (Å²) in [5, 5.41) is 11.0. The molecule has 0 saturated carbocycles. The van der Waals surface area contributed by atoms with Crippen molar-refractivity contribution in [3.8, 4) is 5.88 Å². The highest BCUT2D eigenvalue weighted by Gasteiger charge is 2.19. The van der Waals surface area contributed by atoms with E-state index >= 15 is 0 Å². The summed E-state index contributed by atoms with van der Waals surface area (Å²) >= 11 is 5.70. The molecule has 0 radical (unpaired) electrons. The Labute approximate surface area is 105 Å². The summed E-state index contributed by atoms with van der Waals surface area (Å²) in [4.78, 5) is 14.1. The summed E-state index contributed by atoms with van der Waals surface area (Å²) in [5.41, 5.74) is -0.162. The van der Waals surface area contributed by atoms with E-state index in [2.05, 4.69) is 18.8 Å². The zero-order valence-electron chi connectivity index (χ0n) is 10.0. The van der Waals surface area contributed by atoms with Crippen molar-refractivity contribution in [1.82, 2.24) is 4.98 Å². The highest BCUT2D eigenvalue weighted by atomic mass is 35.5. The average Bonchev–Trinajstić information content (AvgIpc) is 2.15. The van der Waals surface area contributed by atoms with Crippen LogP contribution in [0.3, 0.4) is 0 Å². The molecule has 5 nitrogen and oxygen atoms in total. The molecule has 0 aromatic carbocycles. The van der Waals surface area contributed by atoms with Gasteiger partial charge in [-0.25, -0.2) is 0 Å². The van der Waals surface area contributed by atoms with Gasteiger partial charge in [-0.2, -0.15) is 4.98 Å². The third kappa shape index (κ3) is 4.19. The molecule has 0 saturated heterocycles. The molecule has 0 N–H and O–H groups in total. The first kappa shape index (κ1) is 13.7. The van der Waals surface area contributed by atoms with Crippen LogP contribution in [0.5, 0.6) is 5.88 Å². The maximum Gasteiger partial charge on any atom is 0.331 e. The number of hydrogen-bond acceptors (Lipinski definition) is 4. The Balaban J connectivity index is 2.88. The summed E-state index contributed by atoms with van der Waals surface area (Å²) in [6, 6.07) is 2.67. The van der Waals surface area contributed by atoms with Gasteiger partial charge < -0.3 is 4.74 Å². The SMILES string of the molecule is CC(C)CC(C)Oc1nc(Cl)ccc1[N+](=O)[O-]. The molecule has 1 aromatic heterocycles. The van der Waals surface area contributed by atoms with Gasteiger partial charge in [0, 0.05) is 6.07 Å². The third-order valence-electron chi connectivity index (χ3n) is 2.12. The van der Waals surface area contributed by atoms with Gasteiger partial charge in [0.25, 0.3) is 5.88 Å². The van der Waals surface area contributed by atoms with E-state index in [4.69, 9.17) is 16.3 Å². The zero-order chi connectivity index (χ0) is 13.0. The lowest BCUT2D eigenvalue weighted by Crippen LogP contribution is -2.16. The molecule has 1 unspecified atom stereocenters. The molecule has 94 valence electrons. The van der Waals surface area contributed by atoms with Crippen LogP contribution in [-0.4, -0.2) is 16.0 Å². The standard InChI is InChI=1S/C11H15ClN2O3/c1-7(2)6-8(3)17-11-9(14(15)16)4-5-10(12)13-11/h4-5,7-8H,6H2,1-3H3. The number of nitrogens with zero attached hydrogens (tertiary/aromatic N) is 2. The van der Waals surface area contributed by atoms with Crippen molar-refractivity contribution < 1.29 is 9.66 Å². The fraction of sp³-hybridized carbons (Fsp3) is 0.545. The smallest absolute Gasteiger partial charge is 0.331 e. The van der Waals surface area contributed by atoms with Crippen molar-refractivity contribution in [2.24, 2.45) is 5.92 Å². The van der Waals surface area contributed by atoms with Gasteiger partial charge >= 0.3 is 5.69 Å². The molecule has 1 rings (SSSR count). The molecule has 1 heterocycles. The fourth-order valence-corrected chi connectivity index (χ4v) is 1.68. The Hall–Kier alpha value is -1.36. The second-order valence-corrected chi connectivity index (χ2v) is 4.66. The molecular weight excluding hydrogens is 244 g/mol. The van der Waals surface area contributed by atoms with E-state index in [0.29, 0.717) is 5.92 Å². The quantitative estimate of drug-likeness (QED) is 0.461. The number of halogens is 1. The van der Waals surface area contributed by atoms with E-state index in [1.807, 2.05) is 6.92 Å². The minimum Gasteiger partial charge on any atom is -0.470 e. The van der Waals surface area contributed by atoms with Crippen molar-refractivity contribution in [1.29, 1.82) is 0 Å². The molecule has 0 aliphatic carbocycles. The van der Waals surface area contributed by atoms with E-state index in [1.54, 1.807) is 0 Å². The maximum atomic E-state index is 10.8. The van der Waals surface area contributed by atoms with Crippen LogP contribution < -0.4 is 4.74 Å². The molecule has 0 aliphatic rings. The molecule has 1 aromatic rings. The largest absolute Gasteiger partial charge is 0.470 e. The van der Waals surface area contributed by atoms with Gasteiger partial charge in [0.15, 0.2) is 0 Å².